The maximum atomic E-state index is 9.32. The van der Waals surface area contributed by atoms with Gasteiger partial charge in [-0.2, -0.15) is 0 Å². The maximum absolute atomic E-state index is 9.32. The quantitative estimate of drug-likeness (QED) is 0.667. The summed E-state index contributed by atoms with van der Waals surface area (Å²) in [4.78, 5) is 0. The van der Waals surface area contributed by atoms with Crippen molar-refractivity contribution >= 4 is 20.4 Å². The van der Waals surface area contributed by atoms with Crippen molar-refractivity contribution in [3.8, 4) is 11.8 Å². The normalized spacial score (nSPS) is 11.9. The molecule has 0 aliphatic carbocycles. The Hall–Kier alpha value is -0.210. The van der Waals surface area contributed by atoms with E-state index in [1.165, 1.54) is 22.8 Å². The van der Waals surface area contributed by atoms with Gasteiger partial charge >= 0.3 is 102 Å². The van der Waals surface area contributed by atoms with Gasteiger partial charge in [0.1, 0.15) is 0 Å². The van der Waals surface area contributed by atoms with Crippen LogP contribution in [0.4, 0.5) is 0 Å². The molecule has 0 saturated heterocycles. The van der Waals surface area contributed by atoms with Gasteiger partial charge in [-0.05, 0) is 0 Å². The van der Waals surface area contributed by atoms with Gasteiger partial charge < -0.3 is 0 Å². The van der Waals surface area contributed by atoms with Crippen molar-refractivity contribution in [1.82, 2.24) is 0 Å². The Labute approximate surface area is 102 Å². The Morgan fingerprint density at radius 2 is 2.20 bits per heavy atom. The van der Waals surface area contributed by atoms with Crippen LogP contribution in [0.15, 0.2) is 12.1 Å². The first kappa shape index (κ1) is 12.9. The molecule has 2 heteroatoms. The predicted octanol–water partition coefficient (Wildman–Crippen LogP) is 2.21. The summed E-state index contributed by atoms with van der Waals surface area (Å²) in [6.07, 6.45) is 4.08. The van der Waals surface area contributed by atoms with Gasteiger partial charge in [-0.15, -0.1) is 0 Å². The van der Waals surface area contributed by atoms with Gasteiger partial charge in [0.25, 0.3) is 0 Å². The molecule has 15 heavy (non-hydrogen) atoms. The van der Waals surface area contributed by atoms with Crippen LogP contribution in [-0.2, 0) is 6.42 Å². The van der Waals surface area contributed by atoms with Crippen LogP contribution < -0.4 is 0 Å². The molecule has 1 atom stereocenters. The fourth-order valence-electron chi connectivity index (χ4n) is 1.19. The fourth-order valence-corrected chi connectivity index (χ4v) is 3.79. The van der Waals surface area contributed by atoms with E-state index in [0.717, 1.165) is 6.42 Å². The molecule has 1 heterocycles. The zero-order valence-corrected chi connectivity index (χ0v) is 11.7. The standard InChI is InChI=1S/C13H18OTe/c1-3-5-6-12-9-10-13(15-12)8-7-11(14)4-2/h9-11,14H,3-6H2,1-2H3. The average molecular weight is 318 g/mol. The monoisotopic (exact) mass is 320 g/mol. The summed E-state index contributed by atoms with van der Waals surface area (Å²) in [5, 5.41) is 9.32. The second-order valence-corrected chi connectivity index (χ2v) is 6.90. The molecule has 0 aromatic carbocycles. The molecule has 0 saturated carbocycles. The van der Waals surface area contributed by atoms with Crippen molar-refractivity contribution in [3.05, 3.63) is 19.3 Å². The van der Waals surface area contributed by atoms with Gasteiger partial charge in [-0.3, -0.25) is 0 Å². The van der Waals surface area contributed by atoms with Crippen LogP contribution in [0.3, 0.4) is 0 Å². The minimum atomic E-state index is -0.446. The summed E-state index contributed by atoms with van der Waals surface area (Å²) in [6.45, 7) is 4.17. The van der Waals surface area contributed by atoms with Crippen LogP contribution in [0.25, 0.3) is 0 Å². The Balaban J connectivity index is 2.54. The number of hydrogen-bond donors (Lipinski definition) is 1. The van der Waals surface area contributed by atoms with Crippen LogP contribution in [-0.4, -0.2) is 31.6 Å². The fraction of sp³-hybridized carbons (Fsp3) is 0.538. The van der Waals surface area contributed by atoms with Crippen LogP contribution in [0.2, 0.25) is 0 Å². The van der Waals surface area contributed by atoms with Gasteiger partial charge in [0.2, 0.25) is 0 Å². The van der Waals surface area contributed by atoms with Crippen LogP contribution in [0.5, 0.6) is 0 Å². The third-order valence-corrected chi connectivity index (χ3v) is 5.21. The second kappa shape index (κ2) is 7.13. The van der Waals surface area contributed by atoms with Crippen molar-refractivity contribution in [2.45, 2.75) is 45.6 Å². The van der Waals surface area contributed by atoms with Crippen LogP contribution >= 0.6 is 0 Å². The number of unbranched alkanes of at least 4 members (excludes halogenated alkanes) is 1. The van der Waals surface area contributed by atoms with Crippen LogP contribution in [0.1, 0.15) is 40.3 Å². The van der Waals surface area contributed by atoms with Gasteiger partial charge in [0, 0.05) is 0 Å². The molecule has 1 aromatic heterocycles. The molecule has 0 amide bonds. The molecular weight excluding hydrogens is 300 g/mol. The number of rotatable bonds is 4. The Kier molecular flexibility index (Phi) is 6.11. The van der Waals surface area contributed by atoms with E-state index in [9.17, 15) is 5.11 Å². The van der Waals surface area contributed by atoms with E-state index >= 15 is 0 Å². The van der Waals surface area contributed by atoms with E-state index in [2.05, 4.69) is 30.9 Å². The second-order valence-electron chi connectivity index (χ2n) is 3.56. The zero-order valence-electron chi connectivity index (χ0n) is 9.42. The topological polar surface area (TPSA) is 20.2 Å². The molecule has 0 fully saturated rings. The summed E-state index contributed by atoms with van der Waals surface area (Å²) in [5.41, 5.74) is 0. The SMILES string of the molecule is CCCCc1ccc(C#CC(O)CC)[te]1. The Morgan fingerprint density at radius 3 is 2.87 bits per heavy atom. The summed E-state index contributed by atoms with van der Waals surface area (Å²) in [6, 6.07) is 4.38. The number of aliphatic hydroxyl groups excluding tert-OH is 1. The molecule has 0 aliphatic heterocycles. The van der Waals surface area contributed by atoms with E-state index in [1.54, 1.807) is 3.58 Å². The molecule has 1 unspecified atom stereocenters. The number of aliphatic hydroxyl groups is 1. The van der Waals surface area contributed by atoms with E-state index in [-0.39, 0.29) is 20.4 Å². The van der Waals surface area contributed by atoms with E-state index in [4.69, 9.17) is 0 Å². The van der Waals surface area contributed by atoms with Crippen molar-refractivity contribution < 1.29 is 5.11 Å². The summed E-state index contributed by atoms with van der Waals surface area (Å²) < 4.78 is 2.89. The minimum absolute atomic E-state index is 0.182. The predicted molar refractivity (Wildman–Crippen MR) is 65.2 cm³/mol. The molecule has 0 spiro atoms. The summed E-state index contributed by atoms with van der Waals surface area (Å²) >= 11 is -0.182. The molecular formula is C13H18OTe. The summed E-state index contributed by atoms with van der Waals surface area (Å²) in [7, 11) is 0. The molecule has 1 aromatic rings. The molecule has 0 bridgehead atoms. The van der Waals surface area contributed by atoms with E-state index < -0.39 is 6.10 Å². The molecule has 1 rings (SSSR count). The first-order valence-corrected chi connectivity index (χ1v) is 7.87. The van der Waals surface area contributed by atoms with Crippen molar-refractivity contribution in [3.63, 3.8) is 0 Å². The number of hydrogen-bond acceptors (Lipinski definition) is 1. The number of aryl methyl sites for hydroxylation is 1. The molecule has 1 N–H and O–H groups in total. The molecule has 82 valence electrons. The van der Waals surface area contributed by atoms with Crippen molar-refractivity contribution in [2.75, 3.05) is 0 Å². The third-order valence-electron chi connectivity index (χ3n) is 2.19. The van der Waals surface area contributed by atoms with Gasteiger partial charge in [-0.25, -0.2) is 0 Å². The Bertz CT molecular complexity index is 343. The average Bonchev–Trinajstić information content (AvgIpc) is 2.71. The van der Waals surface area contributed by atoms with Crippen LogP contribution in [0, 0.1) is 11.8 Å². The summed E-state index contributed by atoms with van der Waals surface area (Å²) in [5.74, 6) is 5.99. The van der Waals surface area contributed by atoms with E-state index in [0.29, 0.717) is 0 Å². The van der Waals surface area contributed by atoms with Crippen molar-refractivity contribution in [2.24, 2.45) is 0 Å². The van der Waals surface area contributed by atoms with Crippen molar-refractivity contribution in [1.29, 1.82) is 0 Å². The van der Waals surface area contributed by atoms with Gasteiger partial charge in [0.05, 0.1) is 0 Å². The van der Waals surface area contributed by atoms with E-state index in [1.807, 2.05) is 6.92 Å². The zero-order chi connectivity index (χ0) is 11.1. The van der Waals surface area contributed by atoms with Gasteiger partial charge in [0.15, 0.2) is 0 Å². The first-order valence-electron chi connectivity index (χ1n) is 5.54. The third kappa shape index (κ3) is 4.89. The van der Waals surface area contributed by atoms with Gasteiger partial charge in [-0.1, -0.05) is 0 Å². The molecule has 0 radical (unpaired) electrons. The first-order chi connectivity index (χ1) is 7.26. The Morgan fingerprint density at radius 1 is 1.40 bits per heavy atom. The molecule has 0 aliphatic rings. The molecule has 1 nitrogen and oxygen atoms in total.